The van der Waals surface area contributed by atoms with Crippen molar-refractivity contribution in [3.63, 3.8) is 0 Å². The number of nitro benzene ring substituents is 1. The molecular formula is C14H17N3O3S. The minimum absolute atomic E-state index is 0.0635. The molecule has 0 aliphatic heterocycles. The van der Waals surface area contributed by atoms with Crippen molar-refractivity contribution in [1.29, 1.82) is 0 Å². The van der Waals surface area contributed by atoms with Crippen molar-refractivity contribution in [3.8, 4) is 5.75 Å². The van der Waals surface area contributed by atoms with Crippen molar-refractivity contribution in [2.45, 2.75) is 27.0 Å². The predicted molar refractivity (Wildman–Crippen MR) is 81.8 cm³/mol. The number of ether oxygens (including phenoxy) is 1. The van der Waals surface area contributed by atoms with Crippen molar-refractivity contribution >= 4 is 17.0 Å². The molecule has 21 heavy (non-hydrogen) atoms. The van der Waals surface area contributed by atoms with Gasteiger partial charge in [-0.2, -0.15) is 0 Å². The van der Waals surface area contributed by atoms with Gasteiger partial charge in [0, 0.05) is 29.1 Å². The van der Waals surface area contributed by atoms with Crippen LogP contribution in [0.4, 0.5) is 5.69 Å². The average Bonchev–Trinajstić information content (AvgIpc) is 2.76. The van der Waals surface area contributed by atoms with Crippen LogP contribution < -0.4 is 10.1 Å². The molecule has 1 heterocycles. The number of aromatic nitrogens is 1. The van der Waals surface area contributed by atoms with Gasteiger partial charge in [-0.1, -0.05) is 0 Å². The summed E-state index contributed by atoms with van der Waals surface area (Å²) in [6, 6.07) is 4.62. The lowest BCUT2D eigenvalue weighted by Gasteiger charge is -2.10. The normalized spacial score (nSPS) is 10.6. The van der Waals surface area contributed by atoms with E-state index in [1.807, 2.05) is 13.8 Å². The summed E-state index contributed by atoms with van der Waals surface area (Å²) >= 11 is 1.60. The zero-order valence-electron chi connectivity index (χ0n) is 12.2. The summed E-state index contributed by atoms with van der Waals surface area (Å²) in [5.41, 5.74) is 1.84. The van der Waals surface area contributed by atoms with Crippen LogP contribution in [0.25, 0.3) is 0 Å². The molecule has 2 rings (SSSR count). The summed E-state index contributed by atoms with van der Waals surface area (Å²) in [6.07, 6.45) is 0. The van der Waals surface area contributed by atoms with Crippen molar-refractivity contribution < 1.29 is 9.66 Å². The molecule has 112 valence electrons. The lowest BCUT2D eigenvalue weighted by molar-refractivity contribution is -0.384. The number of hydrogen-bond acceptors (Lipinski definition) is 6. The fourth-order valence-corrected chi connectivity index (χ4v) is 2.74. The van der Waals surface area contributed by atoms with E-state index in [4.69, 9.17) is 4.74 Å². The number of thiazole rings is 1. The van der Waals surface area contributed by atoms with E-state index in [9.17, 15) is 10.1 Å². The van der Waals surface area contributed by atoms with E-state index in [2.05, 4.69) is 10.3 Å². The largest absolute Gasteiger partial charge is 0.486 e. The highest BCUT2D eigenvalue weighted by Crippen LogP contribution is 2.26. The minimum atomic E-state index is -0.406. The second kappa shape index (κ2) is 6.64. The van der Waals surface area contributed by atoms with Gasteiger partial charge in [0.1, 0.15) is 17.4 Å². The van der Waals surface area contributed by atoms with Crippen LogP contribution in [-0.2, 0) is 13.2 Å². The van der Waals surface area contributed by atoms with Crippen LogP contribution >= 0.6 is 11.3 Å². The van der Waals surface area contributed by atoms with Gasteiger partial charge in [-0.05, 0) is 27.0 Å². The first kappa shape index (κ1) is 15.4. The van der Waals surface area contributed by atoms with Crippen molar-refractivity contribution in [3.05, 3.63) is 49.5 Å². The fourth-order valence-electron chi connectivity index (χ4n) is 1.89. The molecule has 0 unspecified atom stereocenters. The maximum absolute atomic E-state index is 10.8. The smallest absolute Gasteiger partial charge is 0.270 e. The van der Waals surface area contributed by atoms with Crippen LogP contribution in [-0.4, -0.2) is 17.0 Å². The van der Waals surface area contributed by atoms with E-state index < -0.39 is 4.92 Å². The molecule has 7 heteroatoms. The second-order valence-electron chi connectivity index (χ2n) is 4.62. The van der Waals surface area contributed by atoms with Crippen molar-refractivity contribution in [2.75, 3.05) is 7.05 Å². The zero-order chi connectivity index (χ0) is 15.4. The van der Waals surface area contributed by atoms with Crippen LogP contribution in [0.5, 0.6) is 5.75 Å². The van der Waals surface area contributed by atoms with E-state index in [0.717, 1.165) is 16.3 Å². The first-order valence-electron chi connectivity index (χ1n) is 6.49. The van der Waals surface area contributed by atoms with Crippen LogP contribution in [0.2, 0.25) is 0 Å². The summed E-state index contributed by atoms with van der Waals surface area (Å²) in [5, 5.41) is 14.7. The molecule has 0 saturated heterocycles. The average molecular weight is 307 g/mol. The van der Waals surface area contributed by atoms with Gasteiger partial charge in [0.05, 0.1) is 10.6 Å². The summed E-state index contributed by atoms with van der Waals surface area (Å²) < 4.78 is 5.76. The summed E-state index contributed by atoms with van der Waals surface area (Å²) in [5.74, 6) is 0.639. The SMILES string of the molecule is CNCc1cc([N+](=O)[O-])ccc1OCc1nc(C)c(C)s1. The Kier molecular flexibility index (Phi) is 4.87. The van der Waals surface area contributed by atoms with Gasteiger partial charge >= 0.3 is 0 Å². The molecule has 0 amide bonds. The maximum Gasteiger partial charge on any atom is 0.270 e. The fraction of sp³-hybridized carbons (Fsp3) is 0.357. The lowest BCUT2D eigenvalue weighted by atomic mass is 10.2. The molecule has 2 aromatic rings. The Balaban J connectivity index is 2.16. The molecule has 6 nitrogen and oxygen atoms in total. The molecule has 0 aliphatic rings. The van der Waals surface area contributed by atoms with Gasteiger partial charge in [-0.15, -0.1) is 11.3 Å². The van der Waals surface area contributed by atoms with Gasteiger partial charge in [0.15, 0.2) is 0 Å². The Morgan fingerprint density at radius 2 is 2.19 bits per heavy atom. The highest BCUT2D eigenvalue weighted by molar-refractivity contribution is 7.11. The Morgan fingerprint density at radius 3 is 2.76 bits per heavy atom. The van der Waals surface area contributed by atoms with E-state index in [1.165, 1.54) is 17.0 Å². The molecule has 0 aliphatic carbocycles. The number of nitro groups is 1. The van der Waals surface area contributed by atoms with Gasteiger partial charge < -0.3 is 10.1 Å². The topological polar surface area (TPSA) is 77.3 Å². The molecule has 0 atom stereocenters. The number of rotatable bonds is 6. The lowest BCUT2D eigenvalue weighted by Crippen LogP contribution is -2.08. The summed E-state index contributed by atoms with van der Waals surface area (Å²) in [4.78, 5) is 16.0. The molecule has 1 N–H and O–H groups in total. The van der Waals surface area contributed by atoms with Gasteiger partial charge in [-0.3, -0.25) is 10.1 Å². The number of benzene rings is 1. The number of aryl methyl sites for hydroxylation is 2. The number of non-ortho nitro benzene ring substituents is 1. The highest BCUT2D eigenvalue weighted by Gasteiger charge is 2.12. The van der Waals surface area contributed by atoms with E-state index in [1.54, 1.807) is 24.5 Å². The quantitative estimate of drug-likeness (QED) is 0.656. The Labute approximate surface area is 126 Å². The second-order valence-corrected chi connectivity index (χ2v) is 5.91. The van der Waals surface area contributed by atoms with E-state index in [-0.39, 0.29) is 5.69 Å². The molecule has 0 spiro atoms. The Hall–Kier alpha value is -1.99. The van der Waals surface area contributed by atoms with Crippen LogP contribution in [0.15, 0.2) is 18.2 Å². The van der Waals surface area contributed by atoms with E-state index >= 15 is 0 Å². The molecular weight excluding hydrogens is 290 g/mol. The molecule has 0 saturated carbocycles. The van der Waals surface area contributed by atoms with Crippen LogP contribution in [0.1, 0.15) is 21.1 Å². The Morgan fingerprint density at radius 1 is 1.43 bits per heavy atom. The minimum Gasteiger partial charge on any atom is -0.486 e. The first-order valence-corrected chi connectivity index (χ1v) is 7.30. The third kappa shape index (κ3) is 3.77. The van der Waals surface area contributed by atoms with Gasteiger partial charge in [0.2, 0.25) is 0 Å². The summed E-state index contributed by atoms with van der Waals surface area (Å²) in [6.45, 7) is 4.86. The zero-order valence-corrected chi connectivity index (χ0v) is 13.0. The third-order valence-electron chi connectivity index (χ3n) is 3.05. The standard InChI is InChI=1S/C14H17N3O3S/c1-9-10(2)21-14(16-9)8-20-13-5-4-12(17(18)19)6-11(13)7-15-3/h4-6,15H,7-8H2,1-3H3. The van der Waals surface area contributed by atoms with Crippen molar-refractivity contribution in [1.82, 2.24) is 10.3 Å². The number of nitrogens with zero attached hydrogens (tertiary/aromatic N) is 2. The van der Waals surface area contributed by atoms with E-state index in [0.29, 0.717) is 18.9 Å². The molecule has 0 bridgehead atoms. The maximum atomic E-state index is 10.8. The van der Waals surface area contributed by atoms with Crippen LogP contribution in [0, 0.1) is 24.0 Å². The molecule has 0 fully saturated rings. The first-order chi connectivity index (χ1) is 10.0. The highest BCUT2D eigenvalue weighted by atomic mass is 32.1. The van der Waals surface area contributed by atoms with Gasteiger partial charge in [0.25, 0.3) is 5.69 Å². The molecule has 1 aromatic heterocycles. The Bertz CT molecular complexity index is 635. The molecule has 1 aromatic carbocycles. The van der Waals surface area contributed by atoms with Crippen molar-refractivity contribution in [2.24, 2.45) is 0 Å². The molecule has 0 radical (unpaired) electrons. The number of hydrogen-bond donors (Lipinski definition) is 1. The number of nitrogens with one attached hydrogen (secondary N) is 1. The van der Waals surface area contributed by atoms with Gasteiger partial charge in [-0.25, -0.2) is 4.98 Å². The predicted octanol–water partition coefficient (Wildman–Crippen LogP) is 2.97. The van der Waals surface area contributed by atoms with Crippen LogP contribution in [0.3, 0.4) is 0 Å². The monoisotopic (exact) mass is 307 g/mol. The summed E-state index contributed by atoms with van der Waals surface area (Å²) in [7, 11) is 1.79. The third-order valence-corrected chi connectivity index (χ3v) is 4.09.